The van der Waals surface area contributed by atoms with Gasteiger partial charge in [0.2, 0.25) is 13.6 Å². The summed E-state index contributed by atoms with van der Waals surface area (Å²) in [6.45, 7) is 1.87. The Balaban J connectivity index is 2.37. The Hall–Kier alpha value is -1.27. The molecule has 2 aromatic carbocycles. The number of alkyl halides is 3. The number of nitrogens with one attached hydrogen (secondary N) is 1. The van der Waals surface area contributed by atoms with Gasteiger partial charge in [0.15, 0.2) is 5.37 Å². The minimum Gasteiger partial charge on any atom is -0.332 e. The summed E-state index contributed by atoms with van der Waals surface area (Å²) in [4.78, 5) is 12.3. The largest absolute Gasteiger partial charge is 0.332 e. The molecule has 0 aliphatic rings. The lowest BCUT2D eigenvalue weighted by Gasteiger charge is -2.25. The maximum Gasteiger partial charge on any atom is 0.252 e. The van der Waals surface area contributed by atoms with E-state index in [0.717, 1.165) is 5.56 Å². The predicted molar refractivity (Wildman–Crippen MR) is 96.4 cm³/mol. The van der Waals surface area contributed by atoms with Gasteiger partial charge in [-0.2, -0.15) is 0 Å². The van der Waals surface area contributed by atoms with Crippen molar-refractivity contribution in [1.82, 2.24) is 5.32 Å². The quantitative estimate of drug-likeness (QED) is 0.783. The van der Waals surface area contributed by atoms with Gasteiger partial charge in [-0.25, -0.2) is 8.42 Å². The number of hydrogen-bond acceptors (Lipinski definition) is 3. The van der Waals surface area contributed by atoms with E-state index in [0.29, 0.717) is 0 Å². The third kappa shape index (κ3) is 4.42. The highest BCUT2D eigenvalue weighted by molar-refractivity contribution is 7.92. The molecule has 0 bridgehead atoms. The molecule has 0 radical (unpaired) electrons. The number of carbonyl (C=O) groups excluding carboxylic acids is 1. The topological polar surface area (TPSA) is 63.2 Å². The van der Waals surface area contributed by atoms with Gasteiger partial charge >= 0.3 is 0 Å². The molecule has 4 nitrogen and oxygen atoms in total. The second kappa shape index (κ2) is 7.31. The summed E-state index contributed by atoms with van der Waals surface area (Å²) in [6, 6.07) is 14.1. The summed E-state index contributed by atoms with van der Waals surface area (Å²) in [5.41, 5.74) is 1.23. The first kappa shape index (κ1) is 19.1. The maximum atomic E-state index is 12.7. The lowest BCUT2D eigenvalue weighted by Crippen LogP contribution is -2.49. The molecule has 0 fully saturated rings. The van der Waals surface area contributed by atoms with Gasteiger partial charge in [0.1, 0.15) is 0 Å². The Labute approximate surface area is 155 Å². The zero-order valence-electron chi connectivity index (χ0n) is 12.5. The highest BCUT2D eigenvalue weighted by Gasteiger charge is 2.44. The van der Waals surface area contributed by atoms with Crippen molar-refractivity contribution in [1.29, 1.82) is 0 Å². The molecule has 0 unspecified atom stereocenters. The molecule has 128 valence electrons. The van der Waals surface area contributed by atoms with Crippen LogP contribution in [0.5, 0.6) is 0 Å². The van der Waals surface area contributed by atoms with Crippen molar-refractivity contribution in [3.8, 4) is 0 Å². The SMILES string of the molecule is Cc1ccc(C(=O)N[C@@H](C(Cl)(Cl)Cl)S(=O)(=O)c2ccccc2)cc1. The molecule has 0 heterocycles. The zero-order chi connectivity index (χ0) is 18.0. The number of carbonyl (C=O) groups is 1. The van der Waals surface area contributed by atoms with E-state index in [1.54, 1.807) is 42.5 Å². The van der Waals surface area contributed by atoms with E-state index in [4.69, 9.17) is 34.8 Å². The molecule has 0 aliphatic carbocycles. The van der Waals surface area contributed by atoms with Crippen LogP contribution >= 0.6 is 34.8 Å². The average Bonchev–Trinajstić information content (AvgIpc) is 2.52. The molecule has 1 N–H and O–H groups in total. The summed E-state index contributed by atoms with van der Waals surface area (Å²) >= 11 is 17.5. The first-order valence-corrected chi connectivity index (χ1v) is 9.53. The number of sulfone groups is 1. The number of amides is 1. The third-order valence-corrected chi connectivity index (χ3v) is 6.32. The number of hydrogen-bond donors (Lipinski definition) is 1. The maximum absolute atomic E-state index is 12.7. The van der Waals surface area contributed by atoms with Crippen LogP contribution in [0.4, 0.5) is 0 Å². The van der Waals surface area contributed by atoms with Crippen molar-refractivity contribution >= 4 is 50.5 Å². The number of benzene rings is 2. The summed E-state index contributed by atoms with van der Waals surface area (Å²) in [6.07, 6.45) is 0. The lowest BCUT2D eigenvalue weighted by molar-refractivity contribution is 0.0948. The van der Waals surface area contributed by atoms with Crippen molar-refractivity contribution in [3.63, 3.8) is 0 Å². The van der Waals surface area contributed by atoms with Gasteiger partial charge in [0, 0.05) is 5.56 Å². The number of halogens is 3. The molecule has 24 heavy (non-hydrogen) atoms. The van der Waals surface area contributed by atoms with Crippen LogP contribution in [0.2, 0.25) is 0 Å². The average molecular weight is 407 g/mol. The Kier molecular flexibility index (Phi) is 5.81. The van der Waals surface area contributed by atoms with Crippen LogP contribution in [0.25, 0.3) is 0 Å². The van der Waals surface area contributed by atoms with E-state index in [1.165, 1.54) is 12.1 Å². The van der Waals surface area contributed by atoms with Crippen LogP contribution in [0.3, 0.4) is 0 Å². The van der Waals surface area contributed by atoms with E-state index in [1.807, 2.05) is 6.92 Å². The van der Waals surface area contributed by atoms with Gasteiger partial charge in [-0.1, -0.05) is 70.7 Å². The second-order valence-electron chi connectivity index (χ2n) is 5.12. The van der Waals surface area contributed by atoms with Gasteiger partial charge in [0.25, 0.3) is 5.91 Å². The zero-order valence-corrected chi connectivity index (χ0v) is 15.6. The van der Waals surface area contributed by atoms with Crippen LogP contribution < -0.4 is 5.32 Å². The monoisotopic (exact) mass is 405 g/mol. The first-order chi connectivity index (χ1) is 11.1. The minimum atomic E-state index is -4.10. The van der Waals surface area contributed by atoms with Crippen LogP contribution in [0.15, 0.2) is 59.5 Å². The van der Waals surface area contributed by atoms with Crippen molar-refractivity contribution in [2.24, 2.45) is 0 Å². The molecule has 0 saturated heterocycles. The molecule has 1 atom stereocenters. The first-order valence-electron chi connectivity index (χ1n) is 6.85. The summed E-state index contributed by atoms with van der Waals surface area (Å²) < 4.78 is 23.2. The van der Waals surface area contributed by atoms with Crippen molar-refractivity contribution in [3.05, 3.63) is 65.7 Å². The van der Waals surface area contributed by atoms with Gasteiger partial charge < -0.3 is 5.32 Å². The van der Waals surface area contributed by atoms with E-state index in [-0.39, 0.29) is 10.5 Å². The molecule has 0 aromatic heterocycles. The Bertz CT molecular complexity index is 816. The Morgan fingerprint density at radius 1 is 1.00 bits per heavy atom. The van der Waals surface area contributed by atoms with Crippen LogP contribution in [0, 0.1) is 6.92 Å². The Morgan fingerprint density at radius 2 is 1.54 bits per heavy atom. The lowest BCUT2D eigenvalue weighted by atomic mass is 10.1. The molecule has 2 aromatic rings. The highest BCUT2D eigenvalue weighted by Crippen LogP contribution is 2.35. The predicted octanol–water partition coefficient (Wildman–Crippen LogP) is 3.90. The molecule has 8 heteroatoms. The summed E-state index contributed by atoms with van der Waals surface area (Å²) in [5, 5.41) is 0.578. The third-order valence-electron chi connectivity index (χ3n) is 3.26. The molecule has 2 rings (SSSR count). The fourth-order valence-corrected chi connectivity index (χ4v) is 4.63. The van der Waals surface area contributed by atoms with E-state index >= 15 is 0 Å². The molecule has 0 spiro atoms. The summed E-state index contributed by atoms with van der Waals surface area (Å²) in [5.74, 6) is -0.647. The number of aryl methyl sites for hydroxylation is 1. The van der Waals surface area contributed by atoms with E-state index in [2.05, 4.69) is 5.32 Å². The fraction of sp³-hybridized carbons (Fsp3) is 0.188. The fourth-order valence-electron chi connectivity index (χ4n) is 1.99. The van der Waals surface area contributed by atoms with Crippen molar-refractivity contribution in [2.45, 2.75) is 21.0 Å². The Morgan fingerprint density at radius 3 is 2.04 bits per heavy atom. The number of rotatable bonds is 4. The molecular weight excluding hydrogens is 393 g/mol. The highest BCUT2D eigenvalue weighted by atomic mass is 35.6. The second-order valence-corrected chi connectivity index (χ2v) is 9.52. The molecule has 0 aliphatic heterocycles. The normalized spacial score (nSPS) is 13.3. The summed E-state index contributed by atoms with van der Waals surface area (Å²) in [7, 11) is -4.10. The van der Waals surface area contributed by atoms with Crippen molar-refractivity contribution < 1.29 is 13.2 Å². The minimum absolute atomic E-state index is 0.0504. The van der Waals surface area contributed by atoms with Gasteiger partial charge in [0.05, 0.1) is 4.90 Å². The smallest absolute Gasteiger partial charge is 0.252 e. The van der Waals surface area contributed by atoms with Crippen molar-refractivity contribution in [2.75, 3.05) is 0 Å². The molecule has 0 saturated carbocycles. The van der Waals surface area contributed by atoms with Crippen LogP contribution in [-0.4, -0.2) is 23.5 Å². The van der Waals surface area contributed by atoms with Crippen LogP contribution in [0.1, 0.15) is 15.9 Å². The molecular formula is C16H14Cl3NO3S. The van der Waals surface area contributed by atoms with E-state index in [9.17, 15) is 13.2 Å². The standard InChI is InChI=1S/C16H14Cl3NO3S/c1-11-7-9-12(10-8-11)14(21)20-15(16(17,18)19)24(22,23)13-5-3-2-4-6-13/h2-10,15H,1H3,(H,20,21)/t15-/m1/s1. The van der Waals surface area contributed by atoms with Gasteiger partial charge in [-0.05, 0) is 31.2 Å². The van der Waals surface area contributed by atoms with E-state index < -0.39 is 24.9 Å². The van der Waals surface area contributed by atoms with Crippen LogP contribution in [-0.2, 0) is 9.84 Å². The molecule has 1 amide bonds. The van der Waals surface area contributed by atoms with Gasteiger partial charge in [-0.15, -0.1) is 0 Å². The van der Waals surface area contributed by atoms with Gasteiger partial charge in [-0.3, -0.25) is 4.79 Å².